The minimum absolute atomic E-state index is 0.0868. The summed E-state index contributed by atoms with van der Waals surface area (Å²) >= 11 is 12.3. The molecule has 0 aliphatic carbocycles. The van der Waals surface area contributed by atoms with Crippen molar-refractivity contribution in [2.24, 2.45) is 0 Å². The van der Waals surface area contributed by atoms with Crippen LogP contribution in [0.1, 0.15) is 30.9 Å². The third kappa shape index (κ3) is 4.02. The highest BCUT2D eigenvalue weighted by atomic mass is 35.5. The van der Waals surface area contributed by atoms with E-state index in [0.29, 0.717) is 16.4 Å². The molecular weight excluding hydrogens is 378 g/mol. The molecule has 0 aliphatic rings. The zero-order chi connectivity index (χ0) is 18.7. The van der Waals surface area contributed by atoms with E-state index in [9.17, 15) is 9.18 Å². The highest BCUT2D eigenvalue weighted by Gasteiger charge is 2.13. The van der Waals surface area contributed by atoms with Gasteiger partial charge < -0.3 is 9.15 Å². The molecule has 0 radical (unpaired) electrons. The van der Waals surface area contributed by atoms with Crippen LogP contribution in [0.15, 0.2) is 45.6 Å². The van der Waals surface area contributed by atoms with Crippen LogP contribution in [0.2, 0.25) is 10.0 Å². The number of hydrogen-bond acceptors (Lipinski definition) is 3. The maximum atomic E-state index is 13.9. The van der Waals surface area contributed by atoms with Crippen molar-refractivity contribution in [1.82, 2.24) is 0 Å². The van der Waals surface area contributed by atoms with Crippen molar-refractivity contribution in [1.29, 1.82) is 0 Å². The third-order valence-electron chi connectivity index (χ3n) is 4.12. The lowest BCUT2D eigenvalue weighted by atomic mass is 10.0. The van der Waals surface area contributed by atoms with E-state index in [1.165, 1.54) is 18.2 Å². The second-order valence-electron chi connectivity index (χ2n) is 5.96. The Kier molecular flexibility index (Phi) is 5.84. The summed E-state index contributed by atoms with van der Waals surface area (Å²) in [4.78, 5) is 11.8. The maximum absolute atomic E-state index is 13.9. The molecular formula is C20H17Cl2FO3. The van der Waals surface area contributed by atoms with Crippen LogP contribution in [0, 0.1) is 5.82 Å². The SMILES string of the molecule is CCCCc1cc(=O)oc2cc(OCc3c(F)cccc3Cl)c(Cl)cc12. The molecule has 0 spiro atoms. The lowest BCUT2D eigenvalue weighted by molar-refractivity contribution is 0.300. The standard InChI is InChI=1S/C20H17Cl2FO3/c1-2-3-5-12-8-20(24)26-18-10-19(16(22)9-13(12)18)25-11-14-15(21)6-4-7-17(14)23/h4,6-10H,2-3,5,11H2,1H3. The summed E-state index contributed by atoms with van der Waals surface area (Å²) < 4.78 is 24.8. The normalized spacial score (nSPS) is 11.1. The molecule has 0 amide bonds. The van der Waals surface area contributed by atoms with E-state index in [-0.39, 0.29) is 17.2 Å². The lowest BCUT2D eigenvalue weighted by Gasteiger charge is -2.12. The highest BCUT2D eigenvalue weighted by molar-refractivity contribution is 6.33. The van der Waals surface area contributed by atoms with E-state index >= 15 is 0 Å². The molecule has 2 aromatic carbocycles. The van der Waals surface area contributed by atoms with Gasteiger partial charge in [-0.15, -0.1) is 0 Å². The van der Waals surface area contributed by atoms with Crippen molar-refractivity contribution in [3.63, 3.8) is 0 Å². The van der Waals surface area contributed by atoms with Crippen LogP contribution in [0.25, 0.3) is 11.0 Å². The van der Waals surface area contributed by atoms with Crippen LogP contribution in [-0.4, -0.2) is 0 Å². The van der Waals surface area contributed by atoms with Gasteiger partial charge in [0.15, 0.2) is 0 Å². The van der Waals surface area contributed by atoms with Gasteiger partial charge in [0.05, 0.1) is 10.0 Å². The number of benzene rings is 2. The molecule has 26 heavy (non-hydrogen) atoms. The van der Waals surface area contributed by atoms with Crippen molar-refractivity contribution in [3.8, 4) is 5.75 Å². The van der Waals surface area contributed by atoms with Gasteiger partial charge in [-0.05, 0) is 36.6 Å². The Hall–Kier alpha value is -2.04. The molecule has 3 aromatic rings. The molecule has 3 nitrogen and oxygen atoms in total. The number of ether oxygens (including phenoxy) is 1. The number of aryl methyl sites for hydroxylation is 1. The zero-order valence-corrected chi connectivity index (χ0v) is 15.7. The average Bonchev–Trinajstić information content (AvgIpc) is 2.60. The van der Waals surface area contributed by atoms with E-state index in [0.717, 1.165) is 30.2 Å². The van der Waals surface area contributed by atoms with E-state index in [4.69, 9.17) is 32.4 Å². The smallest absolute Gasteiger partial charge is 0.336 e. The molecule has 0 fully saturated rings. The van der Waals surface area contributed by atoms with Gasteiger partial charge in [0.2, 0.25) is 0 Å². The number of unbranched alkanes of at least 4 members (excludes halogenated alkanes) is 1. The van der Waals surface area contributed by atoms with Crippen LogP contribution in [0.5, 0.6) is 5.75 Å². The molecule has 136 valence electrons. The Morgan fingerprint density at radius 3 is 2.69 bits per heavy atom. The minimum Gasteiger partial charge on any atom is -0.487 e. The summed E-state index contributed by atoms with van der Waals surface area (Å²) in [7, 11) is 0. The van der Waals surface area contributed by atoms with Crippen molar-refractivity contribution in [2.75, 3.05) is 0 Å². The lowest BCUT2D eigenvalue weighted by Crippen LogP contribution is -2.03. The molecule has 0 saturated carbocycles. The molecule has 3 rings (SSSR count). The largest absolute Gasteiger partial charge is 0.487 e. The van der Waals surface area contributed by atoms with E-state index in [1.807, 2.05) is 0 Å². The first-order valence-corrected chi connectivity index (χ1v) is 9.07. The van der Waals surface area contributed by atoms with Gasteiger partial charge in [-0.1, -0.05) is 42.6 Å². The Morgan fingerprint density at radius 2 is 1.96 bits per heavy atom. The molecule has 6 heteroatoms. The van der Waals surface area contributed by atoms with E-state index < -0.39 is 11.4 Å². The maximum Gasteiger partial charge on any atom is 0.336 e. The second-order valence-corrected chi connectivity index (χ2v) is 6.78. The predicted octanol–water partition coefficient (Wildman–Crippen LogP) is 6.16. The van der Waals surface area contributed by atoms with Gasteiger partial charge in [0.1, 0.15) is 23.8 Å². The van der Waals surface area contributed by atoms with Crippen molar-refractivity contribution in [2.45, 2.75) is 32.8 Å². The first-order valence-electron chi connectivity index (χ1n) is 8.31. The van der Waals surface area contributed by atoms with Gasteiger partial charge in [0.25, 0.3) is 0 Å². The van der Waals surface area contributed by atoms with Crippen molar-refractivity contribution >= 4 is 34.2 Å². The predicted molar refractivity (Wildman–Crippen MR) is 102 cm³/mol. The fourth-order valence-electron chi connectivity index (χ4n) is 2.73. The molecule has 0 N–H and O–H groups in total. The summed E-state index contributed by atoms with van der Waals surface area (Å²) in [6.07, 6.45) is 2.74. The van der Waals surface area contributed by atoms with Gasteiger partial charge in [0, 0.05) is 23.1 Å². The Balaban J connectivity index is 1.95. The summed E-state index contributed by atoms with van der Waals surface area (Å²) in [5.74, 6) is -0.155. The average molecular weight is 395 g/mol. The molecule has 1 heterocycles. The Bertz CT molecular complexity index is 978. The summed E-state index contributed by atoms with van der Waals surface area (Å²) in [5.41, 5.74) is 1.10. The topological polar surface area (TPSA) is 39.4 Å². The summed E-state index contributed by atoms with van der Waals surface area (Å²) in [6, 6.07) is 9.19. The molecule has 1 aromatic heterocycles. The van der Waals surface area contributed by atoms with Crippen molar-refractivity contribution in [3.05, 3.63) is 73.8 Å². The molecule has 0 unspecified atom stereocenters. The molecule has 0 atom stereocenters. The van der Waals surface area contributed by atoms with Crippen molar-refractivity contribution < 1.29 is 13.5 Å². The number of halogens is 3. The monoisotopic (exact) mass is 394 g/mol. The summed E-state index contributed by atoms with van der Waals surface area (Å²) in [6.45, 7) is 2.00. The van der Waals surface area contributed by atoms with Gasteiger partial charge in [-0.3, -0.25) is 0 Å². The number of fused-ring (bicyclic) bond motifs is 1. The van der Waals surface area contributed by atoms with Gasteiger partial charge in [-0.2, -0.15) is 0 Å². The zero-order valence-electron chi connectivity index (χ0n) is 14.2. The highest BCUT2D eigenvalue weighted by Crippen LogP contribution is 2.33. The van der Waals surface area contributed by atoms with E-state index in [1.54, 1.807) is 18.2 Å². The minimum atomic E-state index is -0.456. The second kappa shape index (κ2) is 8.11. The quantitative estimate of drug-likeness (QED) is 0.469. The van der Waals surface area contributed by atoms with Crippen LogP contribution in [0.4, 0.5) is 4.39 Å². The molecule has 0 aliphatic heterocycles. The fraction of sp³-hybridized carbons (Fsp3) is 0.250. The summed E-state index contributed by atoms with van der Waals surface area (Å²) in [5, 5.41) is 1.41. The Morgan fingerprint density at radius 1 is 1.15 bits per heavy atom. The third-order valence-corrected chi connectivity index (χ3v) is 4.77. The first kappa shape index (κ1) is 18.7. The molecule has 0 bridgehead atoms. The van der Waals surface area contributed by atoms with Crippen LogP contribution in [0.3, 0.4) is 0 Å². The van der Waals surface area contributed by atoms with Gasteiger partial charge >= 0.3 is 5.63 Å². The Labute approximate surface area is 160 Å². The van der Waals surface area contributed by atoms with Gasteiger partial charge in [-0.25, -0.2) is 9.18 Å². The van der Waals surface area contributed by atoms with Crippen LogP contribution in [-0.2, 0) is 13.0 Å². The van der Waals surface area contributed by atoms with Crippen LogP contribution >= 0.6 is 23.2 Å². The van der Waals surface area contributed by atoms with Crippen LogP contribution < -0.4 is 10.4 Å². The number of hydrogen-bond donors (Lipinski definition) is 0. The first-order chi connectivity index (χ1) is 12.5. The number of rotatable bonds is 6. The molecule has 0 saturated heterocycles. The fourth-order valence-corrected chi connectivity index (χ4v) is 3.17. The van der Waals surface area contributed by atoms with E-state index in [2.05, 4.69) is 6.92 Å².